The number of rotatable bonds is 4. The highest BCUT2D eigenvalue weighted by atomic mass is 16.5. The number of Topliss-reactive ketones (excluding diaryl/α,β-unsaturated/α-hetero) is 1. The number of ketones is 1. The van der Waals surface area contributed by atoms with Gasteiger partial charge in [0.25, 0.3) is 0 Å². The molecule has 2 rings (SSSR count). The predicted molar refractivity (Wildman–Crippen MR) is 73.0 cm³/mol. The van der Waals surface area contributed by atoms with E-state index in [0.717, 1.165) is 36.1 Å². The van der Waals surface area contributed by atoms with E-state index in [0.29, 0.717) is 12.5 Å². The molecule has 0 radical (unpaired) electrons. The second kappa shape index (κ2) is 5.85. The first kappa shape index (κ1) is 12.9. The van der Waals surface area contributed by atoms with Crippen molar-refractivity contribution in [1.29, 1.82) is 0 Å². The van der Waals surface area contributed by atoms with Crippen molar-refractivity contribution < 1.29 is 9.53 Å². The highest BCUT2D eigenvalue weighted by Crippen LogP contribution is 2.26. The fraction of sp³-hybridized carbons (Fsp3) is 0.438. The Hall–Kier alpha value is -1.57. The van der Waals surface area contributed by atoms with Crippen molar-refractivity contribution in [3.63, 3.8) is 0 Å². The number of carbonyl (C=O) groups is 1. The van der Waals surface area contributed by atoms with Crippen LogP contribution in [0.5, 0.6) is 5.75 Å². The van der Waals surface area contributed by atoms with Gasteiger partial charge in [0.2, 0.25) is 0 Å². The van der Waals surface area contributed by atoms with Crippen LogP contribution in [0.2, 0.25) is 0 Å². The van der Waals surface area contributed by atoms with Gasteiger partial charge < -0.3 is 4.74 Å². The summed E-state index contributed by atoms with van der Waals surface area (Å²) < 4.78 is 5.43. The number of ether oxygens (including phenoxy) is 1. The van der Waals surface area contributed by atoms with Crippen molar-refractivity contribution in [1.82, 2.24) is 0 Å². The van der Waals surface area contributed by atoms with Crippen LogP contribution in [-0.2, 0) is 0 Å². The highest BCUT2D eigenvalue weighted by molar-refractivity contribution is 6.08. The molecule has 1 atom stereocenters. The summed E-state index contributed by atoms with van der Waals surface area (Å²) in [6.07, 6.45) is 5.14. The molecule has 1 aliphatic carbocycles. The zero-order chi connectivity index (χ0) is 13.0. The average Bonchev–Trinajstić information content (AvgIpc) is 2.39. The largest absolute Gasteiger partial charge is 0.494 e. The zero-order valence-electron chi connectivity index (χ0n) is 11.1. The van der Waals surface area contributed by atoms with E-state index in [4.69, 9.17) is 4.74 Å². The van der Waals surface area contributed by atoms with E-state index in [-0.39, 0.29) is 5.78 Å². The van der Waals surface area contributed by atoms with Crippen LogP contribution in [0, 0.1) is 5.92 Å². The molecule has 0 N–H and O–H groups in total. The quantitative estimate of drug-likeness (QED) is 0.748. The molecular weight excluding hydrogens is 224 g/mol. The lowest BCUT2D eigenvalue weighted by molar-refractivity contribution is 0.102. The second-order valence-corrected chi connectivity index (χ2v) is 4.90. The number of hydrogen-bond donors (Lipinski definition) is 0. The number of allylic oxidation sites excluding steroid dienone is 2. The summed E-state index contributed by atoms with van der Waals surface area (Å²) in [5, 5.41) is 0. The molecular formula is C16H20O2. The van der Waals surface area contributed by atoms with Crippen LogP contribution in [0.4, 0.5) is 0 Å². The van der Waals surface area contributed by atoms with Crippen LogP contribution in [0.3, 0.4) is 0 Å². The molecule has 0 aromatic heterocycles. The van der Waals surface area contributed by atoms with Crippen LogP contribution in [0.25, 0.3) is 0 Å². The van der Waals surface area contributed by atoms with Gasteiger partial charge in [0, 0.05) is 5.56 Å². The standard InChI is InChI=1S/C16H20O2/c1-3-18-15-6-4-5-14(11-15)16(17)13-9-7-12(2)8-10-13/h4-6,9,11-12H,3,7-8,10H2,1-2H3. The maximum Gasteiger partial charge on any atom is 0.188 e. The van der Waals surface area contributed by atoms with E-state index in [9.17, 15) is 4.79 Å². The molecule has 18 heavy (non-hydrogen) atoms. The SMILES string of the molecule is CCOc1cccc(C(=O)C2=CCC(C)CC2)c1. The monoisotopic (exact) mass is 244 g/mol. The van der Waals surface area contributed by atoms with E-state index in [2.05, 4.69) is 13.0 Å². The van der Waals surface area contributed by atoms with Gasteiger partial charge in [-0.25, -0.2) is 0 Å². The molecule has 0 spiro atoms. The molecule has 96 valence electrons. The first-order valence-electron chi connectivity index (χ1n) is 6.67. The summed E-state index contributed by atoms with van der Waals surface area (Å²) in [5.74, 6) is 1.63. The van der Waals surface area contributed by atoms with Crippen LogP contribution in [0.1, 0.15) is 43.5 Å². The maximum absolute atomic E-state index is 12.3. The molecule has 0 bridgehead atoms. The minimum absolute atomic E-state index is 0.156. The van der Waals surface area contributed by atoms with Gasteiger partial charge >= 0.3 is 0 Å². The summed E-state index contributed by atoms with van der Waals surface area (Å²) in [6.45, 7) is 4.80. The third-order valence-electron chi connectivity index (χ3n) is 3.37. The predicted octanol–water partition coefficient (Wildman–Crippen LogP) is 4.01. The van der Waals surface area contributed by atoms with Crippen LogP contribution >= 0.6 is 0 Å². The van der Waals surface area contributed by atoms with Crippen molar-refractivity contribution in [2.75, 3.05) is 6.61 Å². The Kier molecular flexibility index (Phi) is 4.19. The lowest BCUT2D eigenvalue weighted by Crippen LogP contribution is -2.10. The summed E-state index contributed by atoms with van der Waals surface area (Å²) in [7, 11) is 0. The molecule has 1 unspecified atom stereocenters. The van der Waals surface area contributed by atoms with Crippen molar-refractivity contribution in [3.8, 4) is 5.75 Å². The molecule has 0 saturated heterocycles. The number of benzene rings is 1. The molecule has 1 aromatic carbocycles. The number of carbonyl (C=O) groups excluding carboxylic acids is 1. The Bertz CT molecular complexity index is 460. The van der Waals surface area contributed by atoms with Gasteiger partial charge in [-0.05, 0) is 49.8 Å². The minimum atomic E-state index is 0.156. The average molecular weight is 244 g/mol. The molecule has 2 heteroatoms. The zero-order valence-corrected chi connectivity index (χ0v) is 11.1. The fourth-order valence-corrected chi connectivity index (χ4v) is 2.25. The molecule has 0 saturated carbocycles. The molecule has 1 aromatic rings. The summed E-state index contributed by atoms with van der Waals surface area (Å²) in [4.78, 5) is 12.3. The van der Waals surface area contributed by atoms with Crippen molar-refractivity contribution in [3.05, 3.63) is 41.5 Å². The van der Waals surface area contributed by atoms with E-state index in [1.54, 1.807) is 0 Å². The van der Waals surface area contributed by atoms with E-state index >= 15 is 0 Å². The van der Waals surface area contributed by atoms with Crippen LogP contribution < -0.4 is 4.74 Å². The summed E-state index contributed by atoms with van der Waals surface area (Å²) >= 11 is 0. The van der Waals surface area contributed by atoms with Crippen LogP contribution in [0.15, 0.2) is 35.9 Å². The first-order valence-corrected chi connectivity index (χ1v) is 6.67. The topological polar surface area (TPSA) is 26.3 Å². The Morgan fingerprint density at radius 2 is 2.28 bits per heavy atom. The van der Waals surface area contributed by atoms with E-state index in [1.165, 1.54) is 0 Å². The first-order chi connectivity index (χ1) is 8.70. The maximum atomic E-state index is 12.3. The van der Waals surface area contributed by atoms with Crippen molar-refractivity contribution in [2.45, 2.75) is 33.1 Å². The molecule has 0 fully saturated rings. The third-order valence-corrected chi connectivity index (χ3v) is 3.37. The molecule has 0 heterocycles. The third kappa shape index (κ3) is 3.00. The van der Waals surface area contributed by atoms with Gasteiger partial charge in [-0.3, -0.25) is 4.79 Å². The van der Waals surface area contributed by atoms with Gasteiger partial charge in [0.15, 0.2) is 5.78 Å². The second-order valence-electron chi connectivity index (χ2n) is 4.90. The molecule has 0 amide bonds. The molecule has 1 aliphatic rings. The normalized spacial score (nSPS) is 19.2. The van der Waals surface area contributed by atoms with Crippen molar-refractivity contribution >= 4 is 5.78 Å². The molecule has 0 aliphatic heterocycles. The Balaban J connectivity index is 2.16. The van der Waals surface area contributed by atoms with Gasteiger partial charge in [-0.1, -0.05) is 25.1 Å². The molecule has 2 nitrogen and oxygen atoms in total. The Morgan fingerprint density at radius 1 is 1.44 bits per heavy atom. The van der Waals surface area contributed by atoms with Crippen LogP contribution in [-0.4, -0.2) is 12.4 Å². The van der Waals surface area contributed by atoms with E-state index < -0.39 is 0 Å². The van der Waals surface area contributed by atoms with E-state index in [1.807, 2.05) is 31.2 Å². The van der Waals surface area contributed by atoms with Gasteiger partial charge in [0.1, 0.15) is 5.75 Å². The number of hydrogen-bond acceptors (Lipinski definition) is 2. The van der Waals surface area contributed by atoms with Crippen molar-refractivity contribution in [2.24, 2.45) is 5.92 Å². The lowest BCUT2D eigenvalue weighted by atomic mass is 9.87. The fourth-order valence-electron chi connectivity index (χ4n) is 2.25. The minimum Gasteiger partial charge on any atom is -0.494 e. The summed E-state index contributed by atoms with van der Waals surface area (Å²) in [5.41, 5.74) is 1.70. The van der Waals surface area contributed by atoms with Gasteiger partial charge in [-0.2, -0.15) is 0 Å². The Labute approximate surface area is 109 Å². The van der Waals surface area contributed by atoms with Gasteiger partial charge in [0.05, 0.1) is 6.61 Å². The Morgan fingerprint density at radius 3 is 2.94 bits per heavy atom. The lowest BCUT2D eigenvalue weighted by Gasteiger charge is -2.17. The highest BCUT2D eigenvalue weighted by Gasteiger charge is 2.17. The smallest absolute Gasteiger partial charge is 0.188 e. The van der Waals surface area contributed by atoms with Gasteiger partial charge in [-0.15, -0.1) is 0 Å². The summed E-state index contributed by atoms with van der Waals surface area (Å²) in [6, 6.07) is 7.47.